The minimum atomic E-state index is -4.45. The summed E-state index contributed by atoms with van der Waals surface area (Å²) in [5, 5.41) is 10.9. The molecule has 3 aromatic rings. The summed E-state index contributed by atoms with van der Waals surface area (Å²) in [7, 11) is 0. The van der Waals surface area contributed by atoms with Gasteiger partial charge in [-0.25, -0.2) is 4.68 Å². The second-order valence-electron chi connectivity index (χ2n) is 6.87. The Hall–Kier alpha value is -3.27. The monoisotopic (exact) mass is 445 g/mol. The number of para-hydroxylation sites is 1. The van der Waals surface area contributed by atoms with Crippen LogP contribution in [0.3, 0.4) is 0 Å². The number of aromatic nitrogens is 3. The molecule has 1 amide bonds. The molecule has 1 aliphatic rings. The molecule has 1 aliphatic heterocycles. The van der Waals surface area contributed by atoms with Gasteiger partial charge in [0.25, 0.3) is 5.91 Å². The molecular formula is C21H18F3N5OS. The molecule has 31 heavy (non-hydrogen) atoms. The lowest BCUT2D eigenvalue weighted by molar-refractivity contribution is -0.137. The van der Waals surface area contributed by atoms with E-state index in [0.717, 1.165) is 12.1 Å². The van der Waals surface area contributed by atoms with E-state index in [1.807, 2.05) is 12.3 Å². The Balaban J connectivity index is 1.78. The van der Waals surface area contributed by atoms with E-state index < -0.39 is 17.8 Å². The Morgan fingerprint density at radius 1 is 1.13 bits per heavy atom. The van der Waals surface area contributed by atoms with E-state index >= 15 is 0 Å². The maximum absolute atomic E-state index is 13.2. The fourth-order valence-corrected chi connectivity index (χ4v) is 3.74. The third-order valence-corrected chi connectivity index (χ3v) is 5.38. The fraction of sp³-hybridized carbons (Fsp3) is 0.190. The molecular weight excluding hydrogens is 427 g/mol. The minimum Gasteiger partial charge on any atom is -0.328 e. The van der Waals surface area contributed by atoms with E-state index in [4.69, 9.17) is 0 Å². The average Bonchev–Trinajstić information content (AvgIpc) is 3.15. The topological polar surface area (TPSA) is 71.8 Å². The number of hydrogen-bond acceptors (Lipinski definition) is 5. The molecule has 0 spiro atoms. The quantitative estimate of drug-likeness (QED) is 0.557. The second-order valence-corrected chi connectivity index (χ2v) is 7.65. The van der Waals surface area contributed by atoms with Crippen molar-refractivity contribution in [2.75, 3.05) is 16.9 Å². The van der Waals surface area contributed by atoms with Gasteiger partial charge in [-0.1, -0.05) is 42.1 Å². The van der Waals surface area contributed by atoms with Crippen LogP contribution >= 0.6 is 11.8 Å². The third-order valence-electron chi connectivity index (χ3n) is 4.85. The summed E-state index contributed by atoms with van der Waals surface area (Å²) >= 11 is 1.33. The first-order valence-electron chi connectivity index (χ1n) is 9.30. The summed E-state index contributed by atoms with van der Waals surface area (Å²) in [6.07, 6.45) is -2.63. The van der Waals surface area contributed by atoms with Crippen LogP contribution in [0, 0.1) is 0 Å². The molecule has 2 N–H and O–H groups in total. The number of carbonyl (C=O) groups is 1. The number of halogens is 3. The molecule has 1 aromatic heterocycles. The molecule has 0 aliphatic carbocycles. The summed E-state index contributed by atoms with van der Waals surface area (Å²) in [6, 6.07) is 12.9. The zero-order valence-electron chi connectivity index (χ0n) is 16.6. The number of amides is 1. The standard InChI is InChI=1S/C21H18F3N5OS/c1-12-16(18(30)26-15-6-4-3-5-7-15)17(29-19(25-12)27-20(28-29)31-2)13-8-10-14(11-9-13)21(22,23)24/h3-11,17H,1-2H3,(H,26,30)(H,25,27,28)/t17-/m1/s1. The van der Waals surface area contributed by atoms with E-state index in [1.54, 1.807) is 31.2 Å². The van der Waals surface area contributed by atoms with Crippen LogP contribution < -0.4 is 10.6 Å². The molecule has 4 rings (SSSR count). The number of allylic oxidation sites excluding steroid dienone is 1. The molecule has 0 saturated carbocycles. The highest BCUT2D eigenvalue weighted by Gasteiger charge is 2.35. The van der Waals surface area contributed by atoms with Gasteiger partial charge in [0.1, 0.15) is 6.04 Å². The van der Waals surface area contributed by atoms with Crippen molar-refractivity contribution < 1.29 is 18.0 Å². The lowest BCUT2D eigenvalue weighted by Crippen LogP contribution is -2.31. The van der Waals surface area contributed by atoms with Gasteiger partial charge in [0.15, 0.2) is 0 Å². The van der Waals surface area contributed by atoms with Crippen molar-refractivity contribution in [3.8, 4) is 0 Å². The predicted octanol–water partition coefficient (Wildman–Crippen LogP) is 4.95. The maximum atomic E-state index is 13.2. The summed E-state index contributed by atoms with van der Waals surface area (Å²) in [5.74, 6) is 0.0379. The van der Waals surface area contributed by atoms with Crippen molar-refractivity contribution in [3.63, 3.8) is 0 Å². The van der Waals surface area contributed by atoms with Crippen molar-refractivity contribution in [3.05, 3.63) is 77.0 Å². The molecule has 2 aromatic carbocycles. The predicted molar refractivity (Wildman–Crippen MR) is 113 cm³/mol. The molecule has 6 nitrogen and oxygen atoms in total. The molecule has 10 heteroatoms. The molecule has 0 fully saturated rings. The highest BCUT2D eigenvalue weighted by molar-refractivity contribution is 7.98. The highest BCUT2D eigenvalue weighted by atomic mass is 32.2. The fourth-order valence-electron chi connectivity index (χ4n) is 3.39. The number of thioether (sulfide) groups is 1. The molecule has 2 heterocycles. The largest absolute Gasteiger partial charge is 0.416 e. The summed E-state index contributed by atoms with van der Waals surface area (Å²) < 4.78 is 40.7. The van der Waals surface area contributed by atoms with Crippen molar-refractivity contribution >= 4 is 29.3 Å². The minimum absolute atomic E-state index is 0.341. The van der Waals surface area contributed by atoms with E-state index in [-0.39, 0.29) is 5.91 Å². The Morgan fingerprint density at radius 2 is 1.81 bits per heavy atom. The first-order chi connectivity index (χ1) is 14.8. The number of nitrogens with zero attached hydrogens (tertiary/aromatic N) is 3. The van der Waals surface area contributed by atoms with Crippen LogP contribution in [0.1, 0.15) is 24.1 Å². The number of rotatable bonds is 4. The molecule has 0 radical (unpaired) electrons. The van der Waals surface area contributed by atoms with Gasteiger partial charge in [0.2, 0.25) is 11.1 Å². The van der Waals surface area contributed by atoms with Gasteiger partial charge in [0.05, 0.1) is 11.1 Å². The first kappa shape index (κ1) is 21.0. The number of fused-ring (bicyclic) bond motifs is 1. The average molecular weight is 445 g/mol. The highest BCUT2D eigenvalue weighted by Crippen LogP contribution is 2.38. The van der Waals surface area contributed by atoms with Crippen molar-refractivity contribution in [1.82, 2.24) is 14.8 Å². The zero-order valence-corrected chi connectivity index (χ0v) is 17.4. The van der Waals surface area contributed by atoms with Crippen molar-refractivity contribution in [2.45, 2.75) is 24.3 Å². The number of carbonyl (C=O) groups excluding carboxylic acids is 1. The normalized spacial score (nSPS) is 16.0. The van der Waals surface area contributed by atoms with Crippen LogP contribution in [0.5, 0.6) is 0 Å². The Bertz CT molecular complexity index is 1140. The number of benzene rings is 2. The van der Waals surface area contributed by atoms with Gasteiger partial charge >= 0.3 is 6.18 Å². The molecule has 0 unspecified atom stereocenters. The summed E-state index contributed by atoms with van der Waals surface area (Å²) in [5.41, 5.74) is 1.23. The molecule has 0 saturated heterocycles. The van der Waals surface area contributed by atoms with E-state index in [9.17, 15) is 18.0 Å². The van der Waals surface area contributed by atoms with E-state index in [0.29, 0.717) is 33.6 Å². The second kappa shape index (κ2) is 8.10. The molecule has 1 atom stereocenters. The molecule has 160 valence electrons. The third kappa shape index (κ3) is 4.15. The SMILES string of the molecule is CSc1nc2n(n1)[C@H](c1ccc(C(F)(F)F)cc1)C(C(=O)Nc1ccccc1)=C(C)N2. The van der Waals surface area contributed by atoms with Crippen LogP contribution in [-0.2, 0) is 11.0 Å². The lowest BCUT2D eigenvalue weighted by Gasteiger charge is -2.28. The van der Waals surface area contributed by atoms with Gasteiger partial charge in [-0.3, -0.25) is 4.79 Å². The Labute approximate surface area is 180 Å². The number of hydrogen-bond donors (Lipinski definition) is 2. The summed E-state index contributed by atoms with van der Waals surface area (Å²) in [4.78, 5) is 17.6. The van der Waals surface area contributed by atoms with Crippen LogP contribution in [0.15, 0.2) is 71.0 Å². The zero-order chi connectivity index (χ0) is 22.2. The van der Waals surface area contributed by atoms with Gasteiger partial charge in [-0.05, 0) is 43.0 Å². The Kier molecular flexibility index (Phi) is 5.48. The van der Waals surface area contributed by atoms with Gasteiger partial charge < -0.3 is 10.6 Å². The number of alkyl halides is 3. The van der Waals surface area contributed by atoms with E-state index in [2.05, 4.69) is 20.7 Å². The van der Waals surface area contributed by atoms with Crippen molar-refractivity contribution in [1.29, 1.82) is 0 Å². The first-order valence-corrected chi connectivity index (χ1v) is 10.5. The van der Waals surface area contributed by atoms with E-state index in [1.165, 1.54) is 28.6 Å². The smallest absolute Gasteiger partial charge is 0.328 e. The molecule has 0 bridgehead atoms. The Morgan fingerprint density at radius 3 is 2.42 bits per heavy atom. The van der Waals surface area contributed by atoms with Crippen LogP contribution in [0.25, 0.3) is 0 Å². The van der Waals surface area contributed by atoms with Crippen LogP contribution in [0.4, 0.5) is 24.8 Å². The number of nitrogens with one attached hydrogen (secondary N) is 2. The van der Waals surface area contributed by atoms with Gasteiger partial charge in [0, 0.05) is 11.4 Å². The van der Waals surface area contributed by atoms with Crippen molar-refractivity contribution in [2.24, 2.45) is 0 Å². The number of anilines is 2. The maximum Gasteiger partial charge on any atom is 0.416 e. The summed E-state index contributed by atoms with van der Waals surface area (Å²) in [6.45, 7) is 1.73. The van der Waals surface area contributed by atoms with Crippen LogP contribution in [0.2, 0.25) is 0 Å². The van der Waals surface area contributed by atoms with Gasteiger partial charge in [-0.15, -0.1) is 5.10 Å². The lowest BCUT2D eigenvalue weighted by atomic mass is 9.94. The van der Waals surface area contributed by atoms with Gasteiger partial charge in [-0.2, -0.15) is 18.2 Å². The van der Waals surface area contributed by atoms with Crippen LogP contribution in [-0.4, -0.2) is 26.9 Å².